The molecule has 0 N–H and O–H groups in total. The Labute approximate surface area is 136 Å². The average Bonchev–Trinajstić information content (AvgIpc) is 2.59. The van der Waals surface area contributed by atoms with E-state index in [0.29, 0.717) is 17.5 Å². The van der Waals surface area contributed by atoms with Gasteiger partial charge in [0.2, 0.25) is 0 Å². The number of hydrogen-bond acceptors (Lipinski definition) is 2. The van der Waals surface area contributed by atoms with Crippen LogP contribution in [0.1, 0.15) is 25.7 Å². The maximum absolute atomic E-state index is 5.99. The molecule has 2 nitrogen and oxygen atoms in total. The molecule has 1 aliphatic rings. The third kappa shape index (κ3) is 3.58. The maximum atomic E-state index is 5.99. The Balaban J connectivity index is 1.86. The second-order valence-corrected chi connectivity index (χ2v) is 8.01. The minimum atomic E-state index is 0.425. The molecular weight excluding hydrogens is 292 g/mol. The van der Waals surface area contributed by atoms with E-state index in [4.69, 9.17) is 9.47 Å². The highest BCUT2D eigenvalue weighted by molar-refractivity contribution is 7.97. The van der Waals surface area contributed by atoms with Crippen LogP contribution in [0.5, 0.6) is 5.75 Å². The van der Waals surface area contributed by atoms with E-state index >= 15 is 0 Å². The zero-order valence-electron chi connectivity index (χ0n) is 13.3. The van der Waals surface area contributed by atoms with E-state index in [9.17, 15) is 0 Å². The lowest BCUT2D eigenvalue weighted by Crippen LogP contribution is -2.18. The molecule has 3 heteroatoms. The summed E-state index contributed by atoms with van der Waals surface area (Å²) in [5.41, 5.74) is 0. The fourth-order valence-electron chi connectivity index (χ4n) is 3.06. The molecule has 2 aromatic carbocycles. The molecule has 0 aliphatic carbocycles. The van der Waals surface area contributed by atoms with Gasteiger partial charge in [0.25, 0.3) is 0 Å². The molecule has 0 amide bonds. The molecule has 1 saturated heterocycles. The van der Waals surface area contributed by atoms with Crippen molar-refractivity contribution in [2.24, 2.45) is 0 Å². The number of benzene rings is 2. The summed E-state index contributed by atoms with van der Waals surface area (Å²) in [6.07, 6.45) is 5.10. The molecule has 0 unspecified atom stereocenters. The highest BCUT2D eigenvalue weighted by Crippen LogP contribution is 2.34. The second kappa shape index (κ2) is 7.89. The Morgan fingerprint density at radius 3 is 2.45 bits per heavy atom. The van der Waals surface area contributed by atoms with Crippen LogP contribution in [0.2, 0.25) is 0 Å². The van der Waals surface area contributed by atoms with Crippen LogP contribution >= 0.6 is 0 Å². The molecule has 1 heterocycles. The zero-order chi connectivity index (χ0) is 15.2. The molecule has 3 rings (SSSR count). The maximum Gasteiger partial charge on any atom is 0.162 e. The smallest absolute Gasteiger partial charge is 0.162 e. The van der Waals surface area contributed by atoms with E-state index in [0.717, 1.165) is 18.8 Å². The molecule has 1 fully saturated rings. The van der Waals surface area contributed by atoms with E-state index in [1.54, 1.807) is 12.0 Å². The molecule has 0 radical (unpaired) electrons. The van der Waals surface area contributed by atoms with Crippen molar-refractivity contribution in [2.75, 3.05) is 31.8 Å². The van der Waals surface area contributed by atoms with Crippen LogP contribution in [0, 0.1) is 0 Å². The topological polar surface area (TPSA) is 18.5 Å². The van der Waals surface area contributed by atoms with E-state index in [-0.39, 0.29) is 0 Å². The summed E-state index contributed by atoms with van der Waals surface area (Å²) in [5.74, 6) is 3.73. The van der Waals surface area contributed by atoms with Gasteiger partial charge in [-0.05, 0) is 37.5 Å². The molecule has 0 atom stereocenters. The van der Waals surface area contributed by atoms with Gasteiger partial charge in [-0.3, -0.25) is 0 Å². The summed E-state index contributed by atoms with van der Waals surface area (Å²) < 4.78 is 11.1. The molecule has 1 aliphatic heterocycles. The Bertz CT molecular complexity index is 605. The molecule has 0 aromatic heterocycles. The second-order valence-electron chi connectivity index (χ2n) is 5.76. The number of hydrogen-bond donors (Lipinski definition) is 0. The minimum Gasteiger partial charge on any atom is -0.493 e. The first-order chi connectivity index (χ1) is 10.9. The summed E-state index contributed by atoms with van der Waals surface area (Å²) in [6, 6.07) is 13.2. The summed E-state index contributed by atoms with van der Waals surface area (Å²) in [6.45, 7) is 1.46. The first-order valence-corrected chi connectivity index (χ1v) is 9.77. The van der Waals surface area contributed by atoms with Gasteiger partial charge in [0.1, 0.15) is 17.3 Å². The summed E-state index contributed by atoms with van der Waals surface area (Å²) in [4.78, 5) is 1.54. The SMILES string of the molecule is COCCCOc1ccc([S+]2CCCCC2)c2ccccc12. The van der Waals surface area contributed by atoms with Crippen molar-refractivity contribution < 1.29 is 9.47 Å². The van der Waals surface area contributed by atoms with Crippen LogP contribution in [0.3, 0.4) is 0 Å². The predicted molar refractivity (Wildman–Crippen MR) is 95.2 cm³/mol. The minimum absolute atomic E-state index is 0.425. The van der Waals surface area contributed by atoms with Crippen molar-refractivity contribution in [2.45, 2.75) is 30.6 Å². The van der Waals surface area contributed by atoms with E-state index in [1.807, 2.05) is 0 Å². The Morgan fingerprint density at radius 1 is 0.909 bits per heavy atom. The van der Waals surface area contributed by atoms with Crippen molar-refractivity contribution in [1.82, 2.24) is 0 Å². The number of fused-ring (bicyclic) bond motifs is 1. The van der Waals surface area contributed by atoms with Crippen LogP contribution in [0.15, 0.2) is 41.3 Å². The lowest BCUT2D eigenvalue weighted by Gasteiger charge is -2.16. The van der Waals surface area contributed by atoms with Crippen LogP contribution < -0.4 is 4.74 Å². The first kappa shape index (κ1) is 15.7. The molecule has 0 bridgehead atoms. The van der Waals surface area contributed by atoms with Crippen molar-refractivity contribution in [3.05, 3.63) is 36.4 Å². The molecule has 0 saturated carbocycles. The molecule has 118 valence electrons. The van der Waals surface area contributed by atoms with Crippen molar-refractivity contribution >= 4 is 21.7 Å². The van der Waals surface area contributed by atoms with E-state index in [2.05, 4.69) is 36.4 Å². The number of rotatable bonds is 6. The standard InChI is InChI=1S/C19H25O2S/c1-20-12-7-13-21-18-10-11-19(22-14-5-2-6-15-22)17-9-4-3-8-16(17)18/h3-4,8-11H,2,5-7,12-15H2,1H3/q+1. The summed E-state index contributed by atoms with van der Waals surface area (Å²) in [7, 11) is 2.16. The van der Waals surface area contributed by atoms with Gasteiger partial charge in [-0.2, -0.15) is 0 Å². The van der Waals surface area contributed by atoms with Gasteiger partial charge in [-0.15, -0.1) is 0 Å². The molecule has 0 spiro atoms. The lowest BCUT2D eigenvalue weighted by molar-refractivity contribution is 0.172. The Kier molecular flexibility index (Phi) is 5.63. The van der Waals surface area contributed by atoms with Gasteiger partial charge in [0, 0.05) is 41.8 Å². The first-order valence-electron chi connectivity index (χ1n) is 8.21. The predicted octanol–water partition coefficient (Wildman–Crippen LogP) is 4.42. The quantitative estimate of drug-likeness (QED) is 0.580. The van der Waals surface area contributed by atoms with Gasteiger partial charge in [-0.1, -0.05) is 18.2 Å². The van der Waals surface area contributed by atoms with E-state index in [1.165, 1.54) is 41.5 Å². The van der Waals surface area contributed by atoms with Crippen LogP contribution in [-0.4, -0.2) is 31.8 Å². The molecule has 2 aromatic rings. The Hall–Kier alpha value is -1.19. The molecule has 22 heavy (non-hydrogen) atoms. The van der Waals surface area contributed by atoms with Gasteiger partial charge in [0.15, 0.2) is 4.90 Å². The van der Waals surface area contributed by atoms with E-state index < -0.39 is 0 Å². The summed E-state index contributed by atoms with van der Waals surface area (Å²) in [5, 5.41) is 2.65. The van der Waals surface area contributed by atoms with Gasteiger partial charge >= 0.3 is 0 Å². The Morgan fingerprint density at radius 2 is 1.68 bits per heavy atom. The van der Waals surface area contributed by atoms with Crippen LogP contribution in [0.25, 0.3) is 10.8 Å². The summed E-state index contributed by atoms with van der Waals surface area (Å²) >= 11 is 0. The largest absolute Gasteiger partial charge is 0.493 e. The van der Waals surface area contributed by atoms with Gasteiger partial charge < -0.3 is 9.47 Å². The fraction of sp³-hybridized carbons (Fsp3) is 0.474. The number of methoxy groups -OCH3 is 1. The van der Waals surface area contributed by atoms with Crippen molar-refractivity contribution in [3.8, 4) is 5.75 Å². The van der Waals surface area contributed by atoms with Crippen LogP contribution in [-0.2, 0) is 15.6 Å². The fourth-order valence-corrected chi connectivity index (χ4v) is 5.56. The lowest BCUT2D eigenvalue weighted by atomic mass is 10.1. The number of ether oxygens (including phenoxy) is 2. The average molecular weight is 317 g/mol. The van der Waals surface area contributed by atoms with Crippen molar-refractivity contribution in [3.63, 3.8) is 0 Å². The van der Waals surface area contributed by atoms with Gasteiger partial charge in [0.05, 0.1) is 6.61 Å². The third-order valence-corrected chi connectivity index (χ3v) is 6.73. The third-order valence-electron chi connectivity index (χ3n) is 4.19. The van der Waals surface area contributed by atoms with Gasteiger partial charge in [-0.25, -0.2) is 0 Å². The molecular formula is C19H25O2S+. The monoisotopic (exact) mass is 317 g/mol. The highest BCUT2D eigenvalue weighted by atomic mass is 32.2. The van der Waals surface area contributed by atoms with Crippen LogP contribution in [0.4, 0.5) is 0 Å². The normalized spacial score (nSPS) is 16.0. The zero-order valence-corrected chi connectivity index (χ0v) is 14.2. The highest BCUT2D eigenvalue weighted by Gasteiger charge is 2.27. The van der Waals surface area contributed by atoms with Crippen molar-refractivity contribution in [1.29, 1.82) is 0 Å².